The van der Waals surface area contributed by atoms with Crippen molar-refractivity contribution in [3.05, 3.63) is 30.3 Å². The Kier molecular flexibility index (Phi) is 4.70. The Labute approximate surface area is 123 Å². The van der Waals surface area contributed by atoms with Crippen molar-refractivity contribution in [2.75, 3.05) is 0 Å². The van der Waals surface area contributed by atoms with E-state index in [1.807, 2.05) is 30.3 Å². The Morgan fingerprint density at radius 1 is 1.25 bits per heavy atom. The molecule has 0 heterocycles. The van der Waals surface area contributed by atoms with Crippen molar-refractivity contribution in [3.63, 3.8) is 0 Å². The molecule has 108 valence electrons. The molecule has 0 unspecified atom stereocenters. The van der Waals surface area contributed by atoms with Crippen LogP contribution in [0.4, 0.5) is 0 Å². The number of carbonyl (C=O) groups is 2. The van der Waals surface area contributed by atoms with E-state index in [1.165, 1.54) is 6.92 Å². The third-order valence-corrected chi connectivity index (χ3v) is 5.09. The van der Waals surface area contributed by atoms with Crippen LogP contribution in [0.25, 0.3) is 0 Å². The van der Waals surface area contributed by atoms with Gasteiger partial charge in [-0.2, -0.15) is 0 Å². The molecule has 0 bridgehead atoms. The number of carboxylic acid groups (broad SMARTS) is 1. The molecule has 2 N–H and O–H groups in total. The van der Waals surface area contributed by atoms with E-state index >= 15 is 0 Å². The van der Waals surface area contributed by atoms with Gasteiger partial charge in [-0.3, -0.25) is 9.59 Å². The first-order chi connectivity index (χ1) is 9.53. The van der Waals surface area contributed by atoms with Gasteiger partial charge in [0.15, 0.2) is 0 Å². The van der Waals surface area contributed by atoms with E-state index in [-0.39, 0.29) is 5.91 Å². The summed E-state index contributed by atoms with van der Waals surface area (Å²) in [6, 6.07) is 8.96. The lowest BCUT2D eigenvalue weighted by Gasteiger charge is -2.28. The van der Waals surface area contributed by atoms with Crippen molar-refractivity contribution in [1.82, 2.24) is 5.32 Å². The fourth-order valence-electron chi connectivity index (χ4n) is 2.43. The zero-order chi connectivity index (χ0) is 14.6. The maximum Gasteiger partial charge on any atom is 0.325 e. The van der Waals surface area contributed by atoms with E-state index in [1.54, 1.807) is 11.8 Å². The largest absolute Gasteiger partial charge is 0.480 e. The topological polar surface area (TPSA) is 66.4 Å². The third-order valence-electron chi connectivity index (χ3n) is 3.60. The smallest absolute Gasteiger partial charge is 0.325 e. The van der Waals surface area contributed by atoms with Crippen molar-refractivity contribution < 1.29 is 14.7 Å². The molecular weight excluding hydrogens is 274 g/mol. The average molecular weight is 293 g/mol. The average Bonchev–Trinajstić information content (AvgIpc) is 2.89. The van der Waals surface area contributed by atoms with Gasteiger partial charge in [-0.05, 0) is 31.9 Å². The molecule has 0 spiro atoms. The summed E-state index contributed by atoms with van der Waals surface area (Å²) in [6.45, 7) is 1.50. The van der Waals surface area contributed by atoms with Crippen LogP contribution in [0.5, 0.6) is 0 Å². The van der Waals surface area contributed by atoms with Crippen LogP contribution in [-0.2, 0) is 9.59 Å². The minimum absolute atomic E-state index is 0.154. The number of thioether (sulfide) groups is 1. The van der Waals surface area contributed by atoms with Crippen LogP contribution in [0, 0.1) is 0 Å². The number of hydrogen-bond donors (Lipinski definition) is 2. The highest BCUT2D eigenvalue weighted by atomic mass is 32.2. The monoisotopic (exact) mass is 293 g/mol. The second-order valence-corrected chi connectivity index (χ2v) is 6.61. The molecule has 0 radical (unpaired) electrons. The molecule has 20 heavy (non-hydrogen) atoms. The number of hydrogen-bond acceptors (Lipinski definition) is 3. The number of nitrogens with one attached hydrogen (secondary N) is 1. The zero-order valence-electron chi connectivity index (χ0n) is 11.5. The lowest BCUT2D eigenvalue weighted by Crippen LogP contribution is -2.48. The van der Waals surface area contributed by atoms with Gasteiger partial charge < -0.3 is 10.4 Å². The lowest BCUT2D eigenvalue weighted by atomic mass is 10.1. The van der Waals surface area contributed by atoms with E-state index in [9.17, 15) is 9.59 Å². The van der Waals surface area contributed by atoms with Crippen LogP contribution in [-0.4, -0.2) is 27.8 Å². The van der Waals surface area contributed by atoms with Gasteiger partial charge in [0.25, 0.3) is 0 Å². The molecule has 1 saturated carbocycles. The number of carboxylic acids is 1. The van der Waals surface area contributed by atoms with Crippen molar-refractivity contribution in [2.24, 2.45) is 0 Å². The molecule has 4 nitrogen and oxygen atoms in total. The molecule has 5 heteroatoms. The van der Waals surface area contributed by atoms with E-state index < -0.39 is 16.8 Å². The molecular formula is C15H19NO3S. The highest BCUT2D eigenvalue weighted by Crippen LogP contribution is 2.45. The summed E-state index contributed by atoms with van der Waals surface area (Å²) in [5, 5.41) is 11.5. The predicted octanol–water partition coefficient (Wildman–Crippen LogP) is 2.68. The second-order valence-electron chi connectivity index (χ2n) is 5.15. The summed E-state index contributed by atoms with van der Waals surface area (Å²) in [6.07, 6.45) is 3.61. The highest BCUT2D eigenvalue weighted by Gasteiger charge is 2.42. The van der Waals surface area contributed by atoms with E-state index in [2.05, 4.69) is 5.32 Å². The quantitative estimate of drug-likeness (QED) is 0.876. The lowest BCUT2D eigenvalue weighted by molar-refractivity contribution is -0.141. The van der Waals surface area contributed by atoms with Gasteiger partial charge in [-0.15, -0.1) is 11.8 Å². The number of aliphatic carboxylic acids is 1. The van der Waals surface area contributed by atoms with Gasteiger partial charge in [0.05, 0.1) is 4.75 Å². The first-order valence-electron chi connectivity index (χ1n) is 6.81. The molecule has 1 amide bonds. The normalized spacial score (nSPS) is 18.4. The van der Waals surface area contributed by atoms with Gasteiger partial charge in [-0.1, -0.05) is 31.0 Å². The maximum atomic E-state index is 12.5. The van der Waals surface area contributed by atoms with Crippen LogP contribution in [0.15, 0.2) is 35.2 Å². The standard InChI is InChI=1S/C15H19NO3S/c1-11(13(17)18)16-14(19)15(9-5-6-10-15)20-12-7-3-2-4-8-12/h2-4,7-8,11H,5-6,9-10H2,1H3,(H,16,19)(H,17,18)/t11-/m1/s1. The van der Waals surface area contributed by atoms with Crippen molar-refractivity contribution >= 4 is 23.6 Å². The fourth-order valence-corrected chi connectivity index (χ4v) is 3.81. The minimum atomic E-state index is -1.00. The van der Waals surface area contributed by atoms with Crippen LogP contribution < -0.4 is 5.32 Å². The summed E-state index contributed by atoms with van der Waals surface area (Å²) in [5.41, 5.74) is 0. The Hall–Kier alpha value is -1.49. The zero-order valence-corrected chi connectivity index (χ0v) is 12.3. The summed E-state index contributed by atoms with van der Waals surface area (Å²) in [4.78, 5) is 24.4. The Balaban J connectivity index is 2.13. The first-order valence-corrected chi connectivity index (χ1v) is 7.63. The SMILES string of the molecule is C[C@@H](NC(=O)C1(Sc2ccccc2)CCCC1)C(=O)O. The number of amides is 1. The second kappa shape index (κ2) is 6.31. The maximum absolute atomic E-state index is 12.5. The molecule has 2 rings (SSSR count). The molecule has 0 aromatic heterocycles. The molecule has 0 aliphatic heterocycles. The van der Waals surface area contributed by atoms with Crippen LogP contribution >= 0.6 is 11.8 Å². The fraction of sp³-hybridized carbons (Fsp3) is 0.467. The summed E-state index contributed by atoms with van der Waals surface area (Å²) in [7, 11) is 0. The highest BCUT2D eigenvalue weighted by molar-refractivity contribution is 8.01. The van der Waals surface area contributed by atoms with Crippen LogP contribution in [0.1, 0.15) is 32.6 Å². The molecule has 1 atom stereocenters. The predicted molar refractivity (Wildman–Crippen MR) is 78.7 cm³/mol. The molecule has 1 aliphatic carbocycles. The van der Waals surface area contributed by atoms with Gasteiger partial charge in [0, 0.05) is 4.90 Å². The Morgan fingerprint density at radius 2 is 1.85 bits per heavy atom. The molecule has 1 aromatic rings. The Morgan fingerprint density at radius 3 is 2.40 bits per heavy atom. The van der Waals surface area contributed by atoms with E-state index in [0.29, 0.717) is 0 Å². The van der Waals surface area contributed by atoms with Crippen molar-refractivity contribution in [3.8, 4) is 0 Å². The summed E-state index contributed by atoms with van der Waals surface area (Å²) >= 11 is 1.56. The van der Waals surface area contributed by atoms with Crippen LogP contribution in [0.3, 0.4) is 0 Å². The minimum Gasteiger partial charge on any atom is -0.480 e. The van der Waals surface area contributed by atoms with Gasteiger partial charge in [0.1, 0.15) is 6.04 Å². The summed E-state index contributed by atoms with van der Waals surface area (Å²) in [5.74, 6) is -1.16. The van der Waals surface area contributed by atoms with Crippen LogP contribution in [0.2, 0.25) is 0 Å². The summed E-state index contributed by atoms with van der Waals surface area (Å²) < 4.78 is -0.523. The molecule has 1 fully saturated rings. The van der Waals surface area contributed by atoms with E-state index in [0.717, 1.165) is 30.6 Å². The van der Waals surface area contributed by atoms with Gasteiger partial charge >= 0.3 is 5.97 Å². The number of benzene rings is 1. The van der Waals surface area contributed by atoms with Crippen molar-refractivity contribution in [2.45, 2.75) is 48.3 Å². The third kappa shape index (κ3) is 3.33. The first kappa shape index (κ1) is 14.9. The molecule has 1 aliphatic rings. The molecule has 0 saturated heterocycles. The van der Waals surface area contributed by atoms with Gasteiger partial charge in [-0.25, -0.2) is 0 Å². The van der Waals surface area contributed by atoms with Crippen molar-refractivity contribution in [1.29, 1.82) is 0 Å². The number of rotatable bonds is 5. The number of carbonyl (C=O) groups excluding carboxylic acids is 1. The van der Waals surface area contributed by atoms with Gasteiger partial charge in [0.2, 0.25) is 5.91 Å². The molecule has 1 aromatic carbocycles. The Bertz CT molecular complexity index is 483. The van der Waals surface area contributed by atoms with E-state index in [4.69, 9.17) is 5.11 Å².